The maximum Gasteiger partial charge on any atom is 0.407 e. The van der Waals surface area contributed by atoms with Crippen LogP contribution in [0.3, 0.4) is 0 Å². The van der Waals surface area contributed by atoms with Crippen molar-refractivity contribution in [2.75, 3.05) is 33.0 Å². The van der Waals surface area contributed by atoms with Gasteiger partial charge in [0.2, 0.25) is 0 Å². The van der Waals surface area contributed by atoms with Crippen LogP contribution in [0, 0.1) is 5.92 Å². The number of urea groups is 1. The second-order valence-electron chi connectivity index (χ2n) is 8.21. The summed E-state index contributed by atoms with van der Waals surface area (Å²) in [5.74, 6) is 0.644. The molecule has 0 aromatic heterocycles. The molecule has 1 aliphatic rings. The van der Waals surface area contributed by atoms with Crippen LogP contribution in [0.15, 0.2) is 4.99 Å². The zero-order valence-corrected chi connectivity index (χ0v) is 19.2. The number of rotatable bonds is 8. The van der Waals surface area contributed by atoms with Gasteiger partial charge < -0.3 is 25.0 Å². The van der Waals surface area contributed by atoms with Crippen LogP contribution in [0.25, 0.3) is 0 Å². The molecule has 0 spiro atoms. The molecule has 0 aromatic carbocycles. The van der Waals surface area contributed by atoms with Gasteiger partial charge in [0, 0.05) is 31.8 Å². The summed E-state index contributed by atoms with van der Waals surface area (Å²) in [5.41, 5.74) is -0.612. The normalized spacial score (nSPS) is 17.4. The van der Waals surface area contributed by atoms with E-state index in [1.165, 1.54) is 12.0 Å². The molecule has 0 radical (unpaired) electrons. The Bertz CT molecular complexity index is 618. The number of carbonyl (C=O) groups excluding carboxylic acids is 3. The van der Waals surface area contributed by atoms with Gasteiger partial charge in [0.25, 0.3) is 0 Å². The maximum absolute atomic E-state index is 12.5. The Labute approximate surface area is 177 Å². The maximum atomic E-state index is 12.5. The van der Waals surface area contributed by atoms with Crippen LogP contribution in [0.2, 0.25) is 0 Å². The highest BCUT2D eigenvalue weighted by molar-refractivity contribution is 8.14. The number of likely N-dealkylation sites (N-methyl/N-ethyl adjacent to an activating group) is 1. The van der Waals surface area contributed by atoms with Crippen molar-refractivity contribution in [1.82, 2.24) is 15.5 Å². The molecule has 29 heavy (non-hydrogen) atoms. The van der Waals surface area contributed by atoms with Gasteiger partial charge in [-0.1, -0.05) is 13.8 Å². The number of hydrogen-bond acceptors (Lipinski definition) is 7. The summed E-state index contributed by atoms with van der Waals surface area (Å²) in [4.78, 5) is 42.4. The van der Waals surface area contributed by atoms with Gasteiger partial charge in [-0.2, -0.15) is 0 Å². The van der Waals surface area contributed by atoms with Crippen molar-refractivity contribution in [2.24, 2.45) is 10.9 Å². The molecule has 9 nitrogen and oxygen atoms in total. The van der Waals surface area contributed by atoms with Gasteiger partial charge in [-0.3, -0.25) is 4.99 Å². The van der Waals surface area contributed by atoms with Crippen molar-refractivity contribution in [3.05, 3.63) is 0 Å². The summed E-state index contributed by atoms with van der Waals surface area (Å²) in [6.45, 7) is 10.1. The number of alkyl carbamates (subject to hydrolysis) is 1. The van der Waals surface area contributed by atoms with Gasteiger partial charge in [-0.15, -0.1) is 11.8 Å². The van der Waals surface area contributed by atoms with Crippen molar-refractivity contribution in [2.45, 2.75) is 58.7 Å². The van der Waals surface area contributed by atoms with E-state index in [-0.39, 0.29) is 19.0 Å². The molecule has 1 aliphatic heterocycles. The SMILES string of the molecule is COC(=O)[C@H](CCNC(=O)OC(C)(C)C)NC(=O)N(C)CC1CSC(C(C)C)=N1. The number of esters is 1. The molecule has 0 aromatic rings. The van der Waals surface area contributed by atoms with E-state index in [0.717, 1.165) is 10.8 Å². The lowest BCUT2D eigenvalue weighted by atomic mass is 10.2. The zero-order valence-electron chi connectivity index (χ0n) is 18.4. The first-order chi connectivity index (χ1) is 13.4. The fourth-order valence-electron chi connectivity index (χ4n) is 2.53. The molecule has 2 atom stereocenters. The molecule has 3 amide bonds. The predicted octanol–water partition coefficient (Wildman–Crippen LogP) is 2.25. The third kappa shape index (κ3) is 9.38. The summed E-state index contributed by atoms with van der Waals surface area (Å²) in [7, 11) is 2.92. The van der Waals surface area contributed by atoms with Gasteiger partial charge >= 0.3 is 18.1 Å². The average molecular weight is 431 g/mol. The fraction of sp³-hybridized carbons (Fsp3) is 0.789. The van der Waals surface area contributed by atoms with Crippen molar-refractivity contribution in [3.8, 4) is 0 Å². The Kier molecular flexibility index (Phi) is 9.75. The van der Waals surface area contributed by atoms with Crippen LogP contribution in [-0.2, 0) is 14.3 Å². The molecule has 0 aliphatic carbocycles. The van der Waals surface area contributed by atoms with Crippen LogP contribution < -0.4 is 10.6 Å². The average Bonchev–Trinajstić information content (AvgIpc) is 3.07. The van der Waals surface area contributed by atoms with Crippen molar-refractivity contribution >= 4 is 34.9 Å². The molecule has 166 valence electrons. The van der Waals surface area contributed by atoms with E-state index >= 15 is 0 Å². The minimum Gasteiger partial charge on any atom is -0.467 e. The Morgan fingerprint density at radius 1 is 1.31 bits per heavy atom. The van der Waals surface area contributed by atoms with Crippen LogP contribution in [0.4, 0.5) is 9.59 Å². The van der Waals surface area contributed by atoms with Crippen molar-refractivity contribution < 1.29 is 23.9 Å². The van der Waals surface area contributed by atoms with Gasteiger partial charge in [0.1, 0.15) is 11.6 Å². The third-order valence-electron chi connectivity index (χ3n) is 3.94. The number of methoxy groups -OCH3 is 1. The first-order valence-corrected chi connectivity index (χ1v) is 10.7. The summed E-state index contributed by atoms with van der Waals surface area (Å²) in [6, 6.07) is -1.23. The number of ether oxygens (including phenoxy) is 2. The lowest BCUT2D eigenvalue weighted by Gasteiger charge is -2.24. The zero-order chi connectivity index (χ0) is 22.2. The molecule has 1 heterocycles. The first-order valence-electron chi connectivity index (χ1n) is 9.69. The van der Waals surface area contributed by atoms with E-state index in [0.29, 0.717) is 12.5 Å². The van der Waals surface area contributed by atoms with Crippen LogP contribution in [0.1, 0.15) is 41.0 Å². The smallest absolute Gasteiger partial charge is 0.407 e. The summed E-state index contributed by atoms with van der Waals surface area (Å²) >= 11 is 1.72. The van der Waals surface area contributed by atoms with E-state index < -0.39 is 29.7 Å². The largest absolute Gasteiger partial charge is 0.467 e. The quantitative estimate of drug-likeness (QED) is 0.572. The highest BCUT2D eigenvalue weighted by Crippen LogP contribution is 2.23. The van der Waals surface area contributed by atoms with Crippen LogP contribution in [0.5, 0.6) is 0 Å². The molecule has 0 saturated heterocycles. The first kappa shape index (κ1) is 25.1. The summed E-state index contributed by atoms with van der Waals surface area (Å²) < 4.78 is 9.91. The molecular formula is C19H34N4O5S. The van der Waals surface area contributed by atoms with Crippen LogP contribution in [-0.4, -0.2) is 78.7 Å². The van der Waals surface area contributed by atoms with Gasteiger partial charge in [0.15, 0.2) is 0 Å². The van der Waals surface area contributed by atoms with Gasteiger partial charge in [0.05, 0.1) is 18.2 Å². The molecule has 0 saturated carbocycles. The highest BCUT2D eigenvalue weighted by atomic mass is 32.2. The van der Waals surface area contributed by atoms with Crippen molar-refractivity contribution in [3.63, 3.8) is 0 Å². The number of aliphatic imine (C=N–C) groups is 1. The third-order valence-corrected chi connectivity index (χ3v) is 5.37. The Morgan fingerprint density at radius 2 is 1.97 bits per heavy atom. The number of nitrogens with one attached hydrogen (secondary N) is 2. The molecular weight excluding hydrogens is 396 g/mol. The second kappa shape index (κ2) is 11.3. The van der Waals surface area contributed by atoms with E-state index in [1.54, 1.807) is 39.6 Å². The van der Waals surface area contributed by atoms with Gasteiger partial charge in [-0.05, 0) is 27.2 Å². The van der Waals surface area contributed by atoms with E-state index in [1.807, 2.05) is 0 Å². The lowest BCUT2D eigenvalue weighted by Crippen LogP contribution is -2.49. The number of carbonyl (C=O) groups is 3. The molecule has 10 heteroatoms. The molecule has 1 rings (SSSR count). The van der Waals surface area contributed by atoms with E-state index in [9.17, 15) is 14.4 Å². The summed E-state index contributed by atoms with van der Waals surface area (Å²) in [5, 5.41) is 6.33. The number of amides is 3. The Hall–Kier alpha value is -1.97. The van der Waals surface area contributed by atoms with E-state index in [4.69, 9.17) is 9.47 Å². The molecule has 0 bridgehead atoms. The minimum atomic E-state index is -0.877. The Balaban J connectivity index is 2.53. The second-order valence-corrected chi connectivity index (χ2v) is 9.25. The van der Waals surface area contributed by atoms with Gasteiger partial charge in [-0.25, -0.2) is 14.4 Å². The number of hydrogen-bond donors (Lipinski definition) is 2. The molecule has 2 N–H and O–H groups in total. The monoisotopic (exact) mass is 430 g/mol. The Morgan fingerprint density at radius 3 is 2.48 bits per heavy atom. The van der Waals surface area contributed by atoms with Crippen LogP contribution >= 0.6 is 11.8 Å². The number of thioether (sulfide) groups is 1. The molecule has 0 fully saturated rings. The standard InChI is InChI=1S/C19H34N4O5S/c1-12(2)15-21-13(11-29-15)10-23(6)17(25)22-14(16(24)27-7)8-9-20-18(26)28-19(3,4)5/h12-14H,8-11H2,1-7H3,(H,20,26)(H,22,25)/t13?,14-/m0/s1. The van der Waals surface area contributed by atoms with E-state index in [2.05, 4.69) is 29.5 Å². The topological polar surface area (TPSA) is 109 Å². The fourth-order valence-corrected chi connectivity index (χ4v) is 3.63. The highest BCUT2D eigenvalue weighted by Gasteiger charge is 2.26. The predicted molar refractivity (Wildman–Crippen MR) is 114 cm³/mol. The van der Waals surface area contributed by atoms with Crippen molar-refractivity contribution in [1.29, 1.82) is 0 Å². The lowest BCUT2D eigenvalue weighted by molar-refractivity contribution is -0.143. The minimum absolute atomic E-state index is 0.0403. The summed E-state index contributed by atoms with van der Waals surface area (Å²) in [6.07, 6.45) is -0.400. The number of nitrogens with zero attached hydrogens (tertiary/aromatic N) is 2. The molecule has 1 unspecified atom stereocenters.